The van der Waals surface area contributed by atoms with E-state index in [1.165, 1.54) is 61.4 Å². The first-order chi connectivity index (χ1) is 9.08. The summed E-state index contributed by atoms with van der Waals surface area (Å²) in [6.45, 7) is 7.56. The number of hydrogen-bond donors (Lipinski definition) is 1. The second-order valence-electron chi connectivity index (χ2n) is 5.30. The van der Waals surface area contributed by atoms with Crippen LogP contribution in [0, 0.1) is 0 Å². The monoisotopic (exact) mass is 319 g/mol. The average molecular weight is 319 g/mol. The standard InChI is InChI=1S/C9H20N.C3H6F3NO2S/c1-3-4-7-10(2)8-5-6-9-10;1-2-7-10(8,9)3(4,5)6/h3-9H2,1-2H3;7H,2H2,1H3/q+1;. The van der Waals surface area contributed by atoms with Crippen molar-refractivity contribution < 1.29 is 26.1 Å². The van der Waals surface area contributed by atoms with Crippen molar-refractivity contribution in [2.75, 3.05) is 33.2 Å². The molecule has 1 saturated heterocycles. The first-order valence-corrected chi connectivity index (χ1v) is 8.46. The van der Waals surface area contributed by atoms with Crippen molar-refractivity contribution in [3.8, 4) is 0 Å². The van der Waals surface area contributed by atoms with Crippen molar-refractivity contribution in [3.05, 3.63) is 0 Å². The highest BCUT2D eigenvalue weighted by Crippen LogP contribution is 2.21. The van der Waals surface area contributed by atoms with Crippen LogP contribution in [-0.2, 0) is 10.0 Å². The first kappa shape index (κ1) is 19.7. The molecule has 0 atom stereocenters. The van der Waals surface area contributed by atoms with Gasteiger partial charge < -0.3 is 4.48 Å². The van der Waals surface area contributed by atoms with Crippen LogP contribution in [0.4, 0.5) is 13.2 Å². The third kappa shape index (κ3) is 6.90. The number of alkyl halides is 3. The molecule has 0 aromatic heterocycles. The molecule has 1 aliphatic rings. The van der Waals surface area contributed by atoms with Crippen LogP contribution in [0.25, 0.3) is 0 Å². The molecule has 0 aliphatic carbocycles. The minimum absolute atomic E-state index is 0.262. The minimum atomic E-state index is -5.19. The van der Waals surface area contributed by atoms with Gasteiger partial charge in [-0.1, -0.05) is 20.3 Å². The maximum absolute atomic E-state index is 11.4. The Morgan fingerprint density at radius 1 is 1.15 bits per heavy atom. The lowest BCUT2D eigenvalue weighted by Gasteiger charge is -2.28. The zero-order chi connectivity index (χ0) is 15.9. The molecule has 1 rings (SSSR count). The second kappa shape index (κ2) is 8.19. The zero-order valence-electron chi connectivity index (χ0n) is 12.5. The van der Waals surface area contributed by atoms with E-state index in [0.29, 0.717) is 0 Å². The Bertz CT molecular complexity index is 363. The molecule has 1 N–H and O–H groups in total. The first-order valence-electron chi connectivity index (χ1n) is 6.97. The van der Waals surface area contributed by atoms with Crippen LogP contribution < -0.4 is 4.72 Å². The smallest absolute Gasteiger partial charge is 0.326 e. The topological polar surface area (TPSA) is 46.2 Å². The van der Waals surface area contributed by atoms with Crippen molar-refractivity contribution in [3.63, 3.8) is 0 Å². The molecular formula is C12H26F3N2O2S+. The Morgan fingerprint density at radius 2 is 1.65 bits per heavy atom. The summed E-state index contributed by atoms with van der Waals surface area (Å²) in [5.41, 5.74) is -5.19. The molecule has 0 bridgehead atoms. The Hall–Kier alpha value is -0.340. The molecule has 0 unspecified atom stereocenters. The lowest BCUT2D eigenvalue weighted by Crippen LogP contribution is -2.41. The predicted molar refractivity (Wildman–Crippen MR) is 73.6 cm³/mol. The molecule has 8 heteroatoms. The molecular weight excluding hydrogens is 293 g/mol. The minimum Gasteiger partial charge on any atom is -0.326 e. The third-order valence-electron chi connectivity index (χ3n) is 3.34. The van der Waals surface area contributed by atoms with Crippen LogP contribution in [0.2, 0.25) is 0 Å². The third-order valence-corrected chi connectivity index (χ3v) is 4.61. The highest BCUT2D eigenvalue weighted by Gasteiger charge is 2.45. The van der Waals surface area contributed by atoms with Crippen molar-refractivity contribution in [2.45, 2.75) is 45.0 Å². The Labute approximate surface area is 120 Å². The molecule has 0 spiro atoms. The fraction of sp³-hybridized carbons (Fsp3) is 1.00. The van der Waals surface area contributed by atoms with Crippen LogP contribution in [0.5, 0.6) is 0 Å². The van der Waals surface area contributed by atoms with Gasteiger partial charge in [-0.2, -0.15) is 13.2 Å². The van der Waals surface area contributed by atoms with Gasteiger partial charge in [-0.3, -0.25) is 0 Å². The van der Waals surface area contributed by atoms with Gasteiger partial charge in [-0.15, -0.1) is 0 Å². The van der Waals surface area contributed by atoms with Crippen LogP contribution >= 0.6 is 0 Å². The van der Waals surface area contributed by atoms with Crippen molar-refractivity contribution in [1.29, 1.82) is 0 Å². The van der Waals surface area contributed by atoms with Gasteiger partial charge >= 0.3 is 15.5 Å². The summed E-state index contributed by atoms with van der Waals surface area (Å²) in [6, 6.07) is 0. The summed E-state index contributed by atoms with van der Waals surface area (Å²) >= 11 is 0. The fourth-order valence-corrected chi connectivity index (χ4v) is 2.68. The highest BCUT2D eigenvalue weighted by atomic mass is 32.2. The summed E-state index contributed by atoms with van der Waals surface area (Å²) in [6.07, 6.45) is 5.69. The summed E-state index contributed by atoms with van der Waals surface area (Å²) in [4.78, 5) is 0. The van der Waals surface area contributed by atoms with Gasteiger partial charge in [0.1, 0.15) is 0 Å². The van der Waals surface area contributed by atoms with E-state index in [4.69, 9.17) is 0 Å². The fourth-order valence-electron chi connectivity index (χ4n) is 2.13. The van der Waals surface area contributed by atoms with Crippen molar-refractivity contribution in [1.82, 2.24) is 4.72 Å². The number of likely N-dealkylation sites (tertiary alicyclic amines) is 1. The molecule has 0 amide bonds. The lowest BCUT2D eigenvalue weighted by atomic mass is 10.3. The van der Waals surface area contributed by atoms with E-state index >= 15 is 0 Å². The van der Waals surface area contributed by atoms with Gasteiger partial charge in [0.25, 0.3) is 0 Å². The largest absolute Gasteiger partial charge is 0.511 e. The zero-order valence-corrected chi connectivity index (χ0v) is 13.3. The summed E-state index contributed by atoms with van der Waals surface area (Å²) < 4.78 is 56.8. The maximum Gasteiger partial charge on any atom is 0.511 e. The molecule has 1 heterocycles. The number of halogens is 3. The number of nitrogens with one attached hydrogen (secondary N) is 1. The van der Waals surface area contributed by atoms with E-state index in [2.05, 4.69) is 14.0 Å². The van der Waals surface area contributed by atoms with E-state index in [9.17, 15) is 21.6 Å². The average Bonchev–Trinajstić information content (AvgIpc) is 2.73. The van der Waals surface area contributed by atoms with Gasteiger partial charge in [0.2, 0.25) is 0 Å². The summed E-state index contributed by atoms with van der Waals surface area (Å²) in [7, 11) is -2.69. The van der Waals surface area contributed by atoms with E-state index in [1.807, 2.05) is 0 Å². The number of hydrogen-bond acceptors (Lipinski definition) is 2. The molecule has 0 aromatic rings. The van der Waals surface area contributed by atoms with Crippen molar-refractivity contribution in [2.24, 2.45) is 0 Å². The Morgan fingerprint density at radius 3 is 1.95 bits per heavy atom. The molecule has 0 radical (unpaired) electrons. The van der Waals surface area contributed by atoms with E-state index in [-0.39, 0.29) is 6.54 Å². The summed E-state index contributed by atoms with van der Waals surface area (Å²) in [5, 5.41) is 0. The van der Waals surface area contributed by atoms with Crippen LogP contribution in [0.1, 0.15) is 39.5 Å². The number of nitrogens with zero attached hydrogens (tertiary/aromatic N) is 1. The normalized spacial score (nSPS) is 18.5. The highest BCUT2D eigenvalue weighted by molar-refractivity contribution is 7.90. The molecule has 4 nitrogen and oxygen atoms in total. The van der Waals surface area contributed by atoms with Gasteiger partial charge in [-0.05, 0) is 6.42 Å². The molecule has 122 valence electrons. The quantitative estimate of drug-likeness (QED) is 0.791. The van der Waals surface area contributed by atoms with Gasteiger partial charge in [0.15, 0.2) is 0 Å². The Kier molecular flexibility index (Phi) is 8.05. The van der Waals surface area contributed by atoms with Crippen LogP contribution in [0.3, 0.4) is 0 Å². The Balaban J connectivity index is 0.000000361. The number of unbranched alkanes of at least 4 members (excludes halogenated alkanes) is 1. The maximum atomic E-state index is 11.4. The van der Waals surface area contributed by atoms with Gasteiger partial charge in [-0.25, -0.2) is 13.1 Å². The van der Waals surface area contributed by atoms with Crippen LogP contribution in [-0.4, -0.2) is 51.6 Å². The van der Waals surface area contributed by atoms with E-state index in [0.717, 1.165) is 0 Å². The molecule has 1 aliphatic heterocycles. The lowest BCUT2D eigenvalue weighted by molar-refractivity contribution is -0.897. The second-order valence-corrected chi connectivity index (χ2v) is 7.06. The predicted octanol–water partition coefficient (Wildman–Crippen LogP) is 2.47. The number of sulfonamides is 1. The number of rotatable bonds is 5. The van der Waals surface area contributed by atoms with Gasteiger partial charge in [0.05, 0.1) is 26.7 Å². The molecule has 20 heavy (non-hydrogen) atoms. The number of quaternary nitrogens is 1. The molecule has 0 aromatic carbocycles. The summed E-state index contributed by atoms with van der Waals surface area (Å²) in [5.74, 6) is 0. The SMILES string of the molecule is CCCC[N+]1(C)CCCC1.CCNS(=O)(=O)C(F)(F)F. The molecule has 0 saturated carbocycles. The molecule has 1 fully saturated rings. The van der Waals surface area contributed by atoms with Crippen molar-refractivity contribution >= 4 is 10.0 Å². The van der Waals surface area contributed by atoms with Crippen LogP contribution in [0.15, 0.2) is 0 Å². The van der Waals surface area contributed by atoms with E-state index in [1.54, 1.807) is 0 Å². The van der Waals surface area contributed by atoms with E-state index < -0.39 is 15.5 Å². The van der Waals surface area contributed by atoms with Gasteiger partial charge in [0, 0.05) is 19.4 Å².